The van der Waals surface area contributed by atoms with Gasteiger partial charge in [-0.15, -0.1) is 0 Å². The van der Waals surface area contributed by atoms with Crippen LogP contribution in [0.1, 0.15) is 13.8 Å². The molecule has 3 heterocycles. The van der Waals surface area contributed by atoms with E-state index < -0.39 is 95.2 Å². The second-order valence-electron chi connectivity index (χ2n) is 10.2. The Morgan fingerprint density at radius 2 is 1.24 bits per heavy atom. The second-order valence-corrected chi connectivity index (χ2v) is 10.2. The third-order valence-corrected chi connectivity index (χ3v) is 7.25. The molecule has 1 aromatic heterocycles. The average Bonchev–Trinajstić information content (AvgIpc) is 2.94. The zero-order valence-corrected chi connectivity index (χ0v) is 22.1. The van der Waals surface area contributed by atoms with E-state index in [1.807, 2.05) is 0 Å². The molecule has 2 fully saturated rings. The van der Waals surface area contributed by atoms with Crippen molar-refractivity contribution >= 4 is 11.0 Å². The molecule has 5 rings (SSSR count). The lowest BCUT2D eigenvalue weighted by Gasteiger charge is -2.39. The molecule has 42 heavy (non-hydrogen) atoms. The Morgan fingerprint density at radius 3 is 1.81 bits per heavy atom. The van der Waals surface area contributed by atoms with E-state index in [1.54, 1.807) is 0 Å². The van der Waals surface area contributed by atoms with E-state index >= 15 is 0 Å². The molecule has 0 amide bonds. The Bertz CT molecular complexity index is 1520. The quantitative estimate of drug-likeness (QED) is 0.161. The predicted molar refractivity (Wildman–Crippen MR) is 139 cm³/mol. The Hall–Kier alpha value is -3.67. The monoisotopic (exact) mass is 594 g/mol. The summed E-state index contributed by atoms with van der Waals surface area (Å²) in [6, 6.07) is 5.59. The van der Waals surface area contributed by atoms with Crippen LogP contribution in [-0.4, -0.2) is 107 Å². The summed E-state index contributed by atoms with van der Waals surface area (Å²) in [5.74, 6) is -2.89. The number of aromatic hydroxyl groups is 3. The Balaban J connectivity index is 1.61. The van der Waals surface area contributed by atoms with E-state index in [1.165, 1.54) is 19.9 Å². The normalized spacial score (nSPS) is 33.4. The minimum absolute atomic E-state index is 0.000938. The lowest BCUT2D eigenvalue weighted by Crippen LogP contribution is -2.58. The number of aliphatic hydroxyl groups is 6. The number of rotatable bonds is 5. The number of fused-ring (bicyclic) bond motifs is 1. The van der Waals surface area contributed by atoms with Crippen molar-refractivity contribution < 1.29 is 69.3 Å². The first-order chi connectivity index (χ1) is 19.8. The van der Waals surface area contributed by atoms with Crippen LogP contribution < -0.4 is 14.9 Å². The fraction of sp³-hybridized carbons (Fsp3) is 0.444. The minimum Gasteiger partial charge on any atom is -0.507 e. The van der Waals surface area contributed by atoms with Gasteiger partial charge < -0.3 is 69.3 Å². The minimum atomic E-state index is -1.81. The number of benzene rings is 2. The summed E-state index contributed by atoms with van der Waals surface area (Å²) in [4.78, 5) is 13.7. The topological polar surface area (TPSA) is 249 Å². The molecule has 2 aromatic carbocycles. The first-order valence-corrected chi connectivity index (χ1v) is 12.9. The number of hydrogen-bond acceptors (Lipinski definition) is 15. The van der Waals surface area contributed by atoms with Gasteiger partial charge in [0.1, 0.15) is 59.1 Å². The molecule has 15 nitrogen and oxygen atoms in total. The lowest BCUT2D eigenvalue weighted by atomic mass is 10.00. The second kappa shape index (κ2) is 11.2. The van der Waals surface area contributed by atoms with E-state index in [4.69, 9.17) is 23.4 Å². The predicted octanol–water partition coefficient (Wildman–Crippen LogP) is -1.01. The van der Waals surface area contributed by atoms with Crippen molar-refractivity contribution in [2.45, 2.75) is 75.3 Å². The van der Waals surface area contributed by atoms with Gasteiger partial charge >= 0.3 is 0 Å². The van der Waals surface area contributed by atoms with Crippen LogP contribution in [0, 0.1) is 0 Å². The largest absolute Gasteiger partial charge is 0.507 e. The number of hydrogen-bond donors (Lipinski definition) is 9. The highest BCUT2D eigenvalue weighted by molar-refractivity contribution is 5.88. The summed E-state index contributed by atoms with van der Waals surface area (Å²) in [5.41, 5.74) is -1.26. The molecular formula is C27H30O15. The van der Waals surface area contributed by atoms with Gasteiger partial charge in [-0.3, -0.25) is 4.79 Å². The van der Waals surface area contributed by atoms with Crippen LogP contribution in [0.15, 0.2) is 39.5 Å². The van der Waals surface area contributed by atoms with Gasteiger partial charge in [0, 0.05) is 17.7 Å². The highest BCUT2D eigenvalue weighted by Gasteiger charge is 2.45. The summed E-state index contributed by atoms with van der Waals surface area (Å²) in [6.07, 6.45) is -14.7. The lowest BCUT2D eigenvalue weighted by molar-refractivity contribution is -0.268. The van der Waals surface area contributed by atoms with Gasteiger partial charge in [-0.05, 0) is 32.0 Å². The van der Waals surface area contributed by atoms with Crippen molar-refractivity contribution in [3.05, 3.63) is 40.6 Å². The Kier molecular flexibility index (Phi) is 7.95. The molecule has 10 atom stereocenters. The standard InChI is InChI=1S/C27H30O15/c1-8-17(31)20(34)22(36)26(38-8)40-11-6-14(30)16-15(7-11)41-24(10-3-4-12(28)13(29)5-10)25(19(16)33)42-27-23(37)21(35)18(32)9(2)39-27/h3-9,17-18,20-23,26-32,34-37H,1-2H3/t8-,9-,17-,18-,20+,21+,22+,23+,26-,27-/m1/s1. The van der Waals surface area contributed by atoms with Crippen molar-refractivity contribution in [1.29, 1.82) is 0 Å². The molecule has 15 heteroatoms. The highest BCUT2D eigenvalue weighted by atomic mass is 16.7. The smallest absolute Gasteiger partial charge is 0.239 e. The van der Waals surface area contributed by atoms with Gasteiger partial charge in [0.15, 0.2) is 17.3 Å². The molecule has 228 valence electrons. The molecule has 2 aliphatic heterocycles. The first-order valence-electron chi connectivity index (χ1n) is 12.9. The van der Waals surface area contributed by atoms with Gasteiger partial charge in [-0.1, -0.05) is 0 Å². The van der Waals surface area contributed by atoms with Crippen molar-refractivity contribution in [2.24, 2.45) is 0 Å². The van der Waals surface area contributed by atoms with Crippen LogP contribution >= 0.6 is 0 Å². The molecule has 0 saturated carbocycles. The summed E-state index contributed by atoms with van der Waals surface area (Å²) >= 11 is 0. The van der Waals surface area contributed by atoms with E-state index in [2.05, 4.69) is 0 Å². The first kappa shape index (κ1) is 29.8. The summed E-state index contributed by atoms with van der Waals surface area (Å²) in [6.45, 7) is 2.85. The molecule has 0 bridgehead atoms. The van der Waals surface area contributed by atoms with Crippen molar-refractivity contribution in [2.75, 3.05) is 0 Å². The van der Waals surface area contributed by atoms with Crippen molar-refractivity contribution in [3.63, 3.8) is 0 Å². The van der Waals surface area contributed by atoms with Gasteiger partial charge in [0.05, 0.1) is 12.2 Å². The third-order valence-electron chi connectivity index (χ3n) is 7.25. The summed E-state index contributed by atoms with van der Waals surface area (Å²) in [7, 11) is 0. The van der Waals surface area contributed by atoms with Gasteiger partial charge in [0.25, 0.3) is 0 Å². The molecule has 0 unspecified atom stereocenters. The number of ether oxygens (including phenoxy) is 4. The fourth-order valence-corrected chi connectivity index (χ4v) is 4.76. The maximum Gasteiger partial charge on any atom is 0.239 e. The molecule has 0 spiro atoms. The Morgan fingerprint density at radius 1 is 0.667 bits per heavy atom. The van der Waals surface area contributed by atoms with Crippen LogP contribution in [0.5, 0.6) is 28.7 Å². The molecule has 0 radical (unpaired) electrons. The van der Waals surface area contributed by atoms with Gasteiger partial charge in [-0.25, -0.2) is 0 Å². The van der Waals surface area contributed by atoms with Gasteiger partial charge in [0.2, 0.25) is 23.8 Å². The average molecular weight is 595 g/mol. The molecule has 0 aliphatic carbocycles. The maximum atomic E-state index is 13.7. The van der Waals surface area contributed by atoms with E-state index in [0.717, 1.165) is 24.3 Å². The SMILES string of the molecule is C[C@H]1O[C@H](Oc2cc(O)c3c(=O)c(O[C@H]4O[C@H](C)[C@@H](O)[C@H](O)[C@@H]4O)c(-c4ccc(O)c(O)c4)oc3c2)[C@@H](O)[C@@H](O)[C@@H]1O. The summed E-state index contributed by atoms with van der Waals surface area (Å²) < 4.78 is 28.0. The van der Waals surface area contributed by atoms with Crippen LogP contribution in [0.25, 0.3) is 22.3 Å². The summed E-state index contributed by atoms with van der Waals surface area (Å²) in [5, 5.41) is 91.2. The van der Waals surface area contributed by atoms with E-state index in [-0.39, 0.29) is 22.7 Å². The molecule has 2 saturated heterocycles. The molecule has 2 aliphatic rings. The third kappa shape index (κ3) is 5.21. The van der Waals surface area contributed by atoms with Crippen molar-refractivity contribution in [3.8, 4) is 40.1 Å². The fourth-order valence-electron chi connectivity index (χ4n) is 4.76. The van der Waals surface area contributed by atoms with Crippen LogP contribution in [0.2, 0.25) is 0 Å². The number of phenolic OH excluding ortho intramolecular Hbond substituents is 3. The van der Waals surface area contributed by atoms with Crippen LogP contribution in [0.4, 0.5) is 0 Å². The number of phenols is 3. The van der Waals surface area contributed by atoms with E-state index in [9.17, 15) is 50.8 Å². The van der Waals surface area contributed by atoms with Crippen LogP contribution in [0.3, 0.4) is 0 Å². The highest BCUT2D eigenvalue weighted by Crippen LogP contribution is 2.40. The van der Waals surface area contributed by atoms with Gasteiger partial charge in [-0.2, -0.15) is 0 Å². The zero-order valence-electron chi connectivity index (χ0n) is 22.1. The Labute approximate surface area is 236 Å². The zero-order chi connectivity index (χ0) is 30.6. The molecule has 9 N–H and O–H groups in total. The van der Waals surface area contributed by atoms with Crippen LogP contribution in [-0.2, 0) is 9.47 Å². The number of aliphatic hydroxyl groups excluding tert-OH is 6. The molecule has 3 aromatic rings. The van der Waals surface area contributed by atoms with Crippen molar-refractivity contribution in [1.82, 2.24) is 0 Å². The van der Waals surface area contributed by atoms with E-state index in [0.29, 0.717) is 0 Å². The maximum absolute atomic E-state index is 13.7. The molecular weight excluding hydrogens is 564 g/mol.